The van der Waals surface area contributed by atoms with E-state index in [1.54, 1.807) is 6.92 Å². The van der Waals surface area contributed by atoms with Crippen LogP contribution in [0.4, 0.5) is 0 Å². The lowest BCUT2D eigenvalue weighted by atomic mass is 9.66. The summed E-state index contributed by atoms with van der Waals surface area (Å²) < 4.78 is 12.0. The van der Waals surface area contributed by atoms with Crippen LogP contribution < -0.4 is 5.32 Å². The molecule has 3 saturated heterocycles. The molecule has 4 heteroatoms. The predicted octanol–water partition coefficient (Wildman–Crippen LogP) is 1.73. The van der Waals surface area contributed by atoms with Gasteiger partial charge in [0, 0.05) is 5.92 Å². The first-order chi connectivity index (χ1) is 8.88. The van der Waals surface area contributed by atoms with Crippen molar-refractivity contribution < 1.29 is 14.3 Å². The molecule has 2 bridgehead atoms. The molecule has 108 valence electrons. The molecule has 0 aromatic carbocycles. The molecule has 6 atom stereocenters. The van der Waals surface area contributed by atoms with E-state index in [2.05, 4.69) is 26.1 Å². The number of fused-ring (bicyclic) bond motifs is 2. The molecule has 0 radical (unpaired) electrons. The molecular weight excluding hydrogens is 242 g/mol. The van der Waals surface area contributed by atoms with Gasteiger partial charge in [-0.1, -0.05) is 20.8 Å². The maximum atomic E-state index is 11.5. The quantitative estimate of drug-likeness (QED) is 0.828. The number of ether oxygens (including phenoxy) is 2. The van der Waals surface area contributed by atoms with Crippen molar-refractivity contribution in [3.05, 3.63) is 0 Å². The number of rotatable bonds is 2. The Morgan fingerprint density at radius 3 is 2.47 bits per heavy atom. The minimum Gasteiger partial charge on any atom is -0.374 e. The van der Waals surface area contributed by atoms with Crippen LogP contribution in [0.15, 0.2) is 0 Å². The van der Waals surface area contributed by atoms with E-state index in [1.807, 2.05) is 0 Å². The molecule has 3 rings (SSSR count). The fourth-order valence-electron chi connectivity index (χ4n) is 4.19. The van der Waals surface area contributed by atoms with Gasteiger partial charge in [0.05, 0.1) is 24.9 Å². The Labute approximate surface area is 115 Å². The standard InChI is InChI=1S/C15H25NO3/c1-8(17)9-7-18-14(16-9)12-10-5-6-11(19-10)13(12)15(2,3)4/h9-14,16H,5-7H2,1-4H3. The van der Waals surface area contributed by atoms with Gasteiger partial charge in [0.25, 0.3) is 0 Å². The summed E-state index contributed by atoms with van der Waals surface area (Å²) in [6.45, 7) is 8.98. The highest BCUT2D eigenvalue weighted by atomic mass is 16.5. The molecule has 1 N–H and O–H groups in total. The molecule has 3 aliphatic rings. The zero-order valence-electron chi connectivity index (χ0n) is 12.3. The van der Waals surface area contributed by atoms with E-state index in [0.29, 0.717) is 30.7 Å². The normalized spacial score (nSPS) is 45.9. The third-order valence-corrected chi connectivity index (χ3v) is 4.98. The first kappa shape index (κ1) is 13.5. The fourth-order valence-corrected chi connectivity index (χ4v) is 4.19. The van der Waals surface area contributed by atoms with Crippen LogP contribution in [0.1, 0.15) is 40.5 Å². The number of carbonyl (C=O) groups is 1. The van der Waals surface area contributed by atoms with Gasteiger partial charge < -0.3 is 9.47 Å². The Hall–Kier alpha value is -0.450. The Morgan fingerprint density at radius 1 is 1.21 bits per heavy atom. The van der Waals surface area contributed by atoms with Gasteiger partial charge in [-0.15, -0.1) is 0 Å². The highest BCUT2D eigenvalue weighted by Crippen LogP contribution is 2.52. The van der Waals surface area contributed by atoms with Gasteiger partial charge in [-0.05, 0) is 31.1 Å². The van der Waals surface area contributed by atoms with Gasteiger partial charge in [0.15, 0.2) is 0 Å². The Bertz CT molecular complexity index is 376. The van der Waals surface area contributed by atoms with Crippen LogP contribution in [0.3, 0.4) is 0 Å². The van der Waals surface area contributed by atoms with Gasteiger partial charge in [0.2, 0.25) is 0 Å². The van der Waals surface area contributed by atoms with Crippen LogP contribution in [-0.4, -0.2) is 36.9 Å². The molecule has 3 fully saturated rings. The lowest BCUT2D eigenvalue weighted by molar-refractivity contribution is -0.118. The average molecular weight is 267 g/mol. The lowest BCUT2D eigenvalue weighted by Gasteiger charge is -2.40. The predicted molar refractivity (Wildman–Crippen MR) is 71.7 cm³/mol. The third-order valence-electron chi connectivity index (χ3n) is 4.98. The van der Waals surface area contributed by atoms with Crippen LogP contribution in [-0.2, 0) is 14.3 Å². The Balaban J connectivity index is 1.78. The molecule has 4 nitrogen and oxygen atoms in total. The maximum Gasteiger partial charge on any atom is 0.149 e. The maximum absolute atomic E-state index is 11.5. The minimum absolute atomic E-state index is 0.0200. The molecule has 0 saturated carbocycles. The van der Waals surface area contributed by atoms with Crippen molar-refractivity contribution in [3.63, 3.8) is 0 Å². The fraction of sp³-hybridized carbons (Fsp3) is 0.933. The molecule has 6 unspecified atom stereocenters. The van der Waals surface area contributed by atoms with Crippen LogP contribution in [0.2, 0.25) is 0 Å². The van der Waals surface area contributed by atoms with E-state index in [1.165, 1.54) is 6.42 Å². The zero-order valence-corrected chi connectivity index (χ0v) is 12.3. The van der Waals surface area contributed by atoms with Crippen molar-refractivity contribution in [3.8, 4) is 0 Å². The summed E-state index contributed by atoms with van der Waals surface area (Å²) in [5.74, 6) is 1.05. The van der Waals surface area contributed by atoms with Gasteiger partial charge in [0.1, 0.15) is 12.0 Å². The summed E-state index contributed by atoms with van der Waals surface area (Å²) in [7, 11) is 0. The average Bonchev–Trinajstić information content (AvgIpc) is 3.01. The molecular formula is C15H25NO3. The second-order valence-corrected chi connectivity index (χ2v) is 7.34. The number of hydrogen-bond acceptors (Lipinski definition) is 4. The number of ketones is 1. The lowest BCUT2D eigenvalue weighted by Crippen LogP contribution is -2.48. The van der Waals surface area contributed by atoms with Crippen molar-refractivity contribution in [2.75, 3.05) is 6.61 Å². The summed E-state index contributed by atoms with van der Waals surface area (Å²) in [5.41, 5.74) is 0.212. The summed E-state index contributed by atoms with van der Waals surface area (Å²) in [4.78, 5) is 11.5. The van der Waals surface area contributed by atoms with Crippen LogP contribution in [0.5, 0.6) is 0 Å². The molecule has 3 aliphatic heterocycles. The first-order valence-corrected chi connectivity index (χ1v) is 7.41. The monoisotopic (exact) mass is 267 g/mol. The SMILES string of the molecule is CC(=O)C1COC(C2C3CCC(O3)C2C(C)(C)C)N1. The molecule has 0 aromatic rings. The second-order valence-electron chi connectivity index (χ2n) is 7.34. The highest BCUT2D eigenvalue weighted by molar-refractivity contribution is 5.81. The van der Waals surface area contributed by atoms with Crippen molar-refractivity contribution in [1.82, 2.24) is 5.32 Å². The second kappa shape index (κ2) is 4.54. The highest BCUT2D eigenvalue weighted by Gasteiger charge is 2.57. The van der Waals surface area contributed by atoms with E-state index in [9.17, 15) is 4.79 Å². The molecule has 0 amide bonds. The van der Waals surface area contributed by atoms with E-state index < -0.39 is 0 Å². The van der Waals surface area contributed by atoms with E-state index in [0.717, 1.165) is 6.42 Å². The number of carbonyl (C=O) groups excluding carboxylic acids is 1. The number of hydrogen-bond donors (Lipinski definition) is 1. The van der Waals surface area contributed by atoms with Crippen molar-refractivity contribution >= 4 is 5.78 Å². The summed E-state index contributed by atoms with van der Waals surface area (Å²) >= 11 is 0. The van der Waals surface area contributed by atoms with Crippen LogP contribution in [0, 0.1) is 17.3 Å². The number of nitrogens with one attached hydrogen (secondary N) is 1. The van der Waals surface area contributed by atoms with Crippen molar-refractivity contribution in [2.24, 2.45) is 17.3 Å². The Kier molecular flexibility index (Phi) is 3.23. The van der Waals surface area contributed by atoms with Crippen LogP contribution >= 0.6 is 0 Å². The first-order valence-electron chi connectivity index (χ1n) is 7.41. The van der Waals surface area contributed by atoms with Gasteiger partial charge >= 0.3 is 0 Å². The summed E-state index contributed by atoms with van der Waals surface area (Å²) in [6, 6.07) is -0.134. The molecule has 0 spiro atoms. The number of Topliss-reactive ketones (excluding diaryl/α,β-unsaturated/α-hetero) is 1. The summed E-state index contributed by atoms with van der Waals surface area (Å²) in [5, 5.41) is 3.37. The van der Waals surface area contributed by atoms with Crippen molar-refractivity contribution in [2.45, 2.75) is 65.0 Å². The molecule has 3 heterocycles. The van der Waals surface area contributed by atoms with Gasteiger partial charge in [-0.2, -0.15) is 0 Å². The largest absolute Gasteiger partial charge is 0.374 e. The summed E-state index contributed by atoms with van der Waals surface area (Å²) in [6.07, 6.45) is 2.96. The van der Waals surface area contributed by atoms with E-state index in [-0.39, 0.29) is 23.5 Å². The zero-order chi connectivity index (χ0) is 13.8. The van der Waals surface area contributed by atoms with Crippen molar-refractivity contribution in [1.29, 1.82) is 0 Å². The van der Waals surface area contributed by atoms with Crippen LogP contribution in [0.25, 0.3) is 0 Å². The topological polar surface area (TPSA) is 47.6 Å². The van der Waals surface area contributed by atoms with Gasteiger partial charge in [-0.3, -0.25) is 10.1 Å². The Morgan fingerprint density at radius 2 is 1.89 bits per heavy atom. The van der Waals surface area contributed by atoms with E-state index >= 15 is 0 Å². The minimum atomic E-state index is -0.134. The third kappa shape index (κ3) is 2.24. The smallest absolute Gasteiger partial charge is 0.149 e. The molecule has 0 aliphatic carbocycles. The molecule has 19 heavy (non-hydrogen) atoms. The van der Waals surface area contributed by atoms with E-state index in [4.69, 9.17) is 9.47 Å². The van der Waals surface area contributed by atoms with Gasteiger partial charge in [-0.25, -0.2) is 0 Å². The molecule has 0 aromatic heterocycles.